The molecule has 100 valence electrons. The van der Waals surface area contributed by atoms with Crippen LogP contribution in [-0.2, 0) is 0 Å². The lowest BCUT2D eigenvalue weighted by Gasteiger charge is -2.20. The first-order valence-corrected chi connectivity index (χ1v) is 8.11. The van der Waals surface area contributed by atoms with Crippen molar-refractivity contribution in [2.45, 2.75) is 12.0 Å². The largest absolute Gasteiger partial charge is 0.387 e. The average molecular weight is 293 g/mol. The molecular formula is C13H15N3OS2. The van der Waals surface area contributed by atoms with Gasteiger partial charge in [0.1, 0.15) is 0 Å². The first-order valence-electron chi connectivity index (χ1n) is 6.18. The predicted molar refractivity (Wildman–Crippen MR) is 80.7 cm³/mol. The summed E-state index contributed by atoms with van der Waals surface area (Å²) in [5, 5.41) is 14.2. The Morgan fingerprint density at radius 3 is 2.89 bits per heavy atom. The van der Waals surface area contributed by atoms with E-state index in [-0.39, 0.29) is 0 Å². The minimum atomic E-state index is -0.594. The number of nitrogens with one attached hydrogen (secondary N) is 1. The van der Waals surface area contributed by atoms with Crippen molar-refractivity contribution in [2.24, 2.45) is 0 Å². The van der Waals surface area contributed by atoms with E-state index < -0.39 is 5.60 Å². The molecule has 0 spiro atoms. The zero-order chi connectivity index (χ0) is 13.1. The Labute approximate surface area is 120 Å². The zero-order valence-corrected chi connectivity index (χ0v) is 12.0. The van der Waals surface area contributed by atoms with Crippen LogP contribution in [0.15, 0.2) is 30.3 Å². The van der Waals surface area contributed by atoms with E-state index in [9.17, 15) is 5.11 Å². The van der Waals surface area contributed by atoms with Gasteiger partial charge in [0, 0.05) is 29.4 Å². The maximum atomic E-state index is 10.2. The van der Waals surface area contributed by atoms with Gasteiger partial charge in [-0.2, -0.15) is 21.1 Å². The van der Waals surface area contributed by atoms with Gasteiger partial charge in [-0.1, -0.05) is 30.3 Å². The third kappa shape index (κ3) is 3.08. The summed E-state index contributed by atoms with van der Waals surface area (Å²) >= 11 is 3.13. The fourth-order valence-corrected chi connectivity index (χ4v) is 3.85. The number of aromatic nitrogens is 2. The molecule has 1 unspecified atom stereocenters. The summed E-state index contributed by atoms with van der Waals surface area (Å²) < 4.78 is 4.34. The zero-order valence-electron chi connectivity index (χ0n) is 10.4. The normalized spacial score (nSPS) is 22.6. The van der Waals surface area contributed by atoms with Gasteiger partial charge < -0.3 is 10.4 Å². The number of anilines is 1. The predicted octanol–water partition coefficient (Wildman–Crippen LogP) is 2.49. The number of nitrogens with zero attached hydrogens (tertiary/aromatic N) is 2. The van der Waals surface area contributed by atoms with E-state index in [0.717, 1.165) is 34.4 Å². The Bertz CT molecular complexity index is 538. The molecule has 0 aliphatic carbocycles. The topological polar surface area (TPSA) is 58.0 Å². The number of benzene rings is 1. The highest BCUT2D eigenvalue weighted by molar-refractivity contribution is 7.99. The Kier molecular flexibility index (Phi) is 3.72. The summed E-state index contributed by atoms with van der Waals surface area (Å²) in [5.74, 6) is 2.56. The number of rotatable bonds is 4. The Balaban J connectivity index is 1.65. The second-order valence-corrected chi connectivity index (χ2v) is 6.53. The van der Waals surface area contributed by atoms with E-state index >= 15 is 0 Å². The Morgan fingerprint density at radius 1 is 1.32 bits per heavy atom. The number of aliphatic hydroxyl groups is 1. The maximum Gasteiger partial charge on any atom is 0.202 e. The van der Waals surface area contributed by atoms with Crippen LogP contribution >= 0.6 is 23.3 Å². The summed E-state index contributed by atoms with van der Waals surface area (Å²) in [5.41, 5.74) is 0.422. The van der Waals surface area contributed by atoms with E-state index in [4.69, 9.17) is 0 Å². The van der Waals surface area contributed by atoms with Crippen molar-refractivity contribution in [3.63, 3.8) is 0 Å². The van der Waals surface area contributed by atoms with Gasteiger partial charge in [0.05, 0.1) is 5.60 Å². The lowest BCUT2D eigenvalue weighted by molar-refractivity contribution is 0.0820. The molecule has 1 atom stereocenters. The maximum absolute atomic E-state index is 10.2. The summed E-state index contributed by atoms with van der Waals surface area (Å²) in [7, 11) is 0. The van der Waals surface area contributed by atoms with Gasteiger partial charge in [0.25, 0.3) is 0 Å². The van der Waals surface area contributed by atoms with Gasteiger partial charge in [-0.3, -0.25) is 0 Å². The van der Waals surface area contributed by atoms with E-state index in [1.165, 1.54) is 11.5 Å². The van der Waals surface area contributed by atoms with Crippen LogP contribution < -0.4 is 5.32 Å². The molecule has 6 heteroatoms. The van der Waals surface area contributed by atoms with Crippen LogP contribution in [0.4, 0.5) is 5.13 Å². The minimum absolute atomic E-state index is 0.545. The first-order chi connectivity index (χ1) is 9.25. The average Bonchev–Trinajstić information content (AvgIpc) is 3.07. The van der Waals surface area contributed by atoms with E-state index in [1.54, 1.807) is 11.8 Å². The van der Waals surface area contributed by atoms with Crippen molar-refractivity contribution in [1.82, 2.24) is 9.36 Å². The van der Waals surface area contributed by atoms with Crippen LogP contribution in [0.2, 0.25) is 0 Å². The van der Waals surface area contributed by atoms with Gasteiger partial charge in [0.15, 0.2) is 5.82 Å². The first kappa shape index (κ1) is 12.9. The van der Waals surface area contributed by atoms with E-state index in [0.29, 0.717) is 6.54 Å². The minimum Gasteiger partial charge on any atom is -0.387 e. The van der Waals surface area contributed by atoms with Crippen molar-refractivity contribution in [3.8, 4) is 11.4 Å². The van der Waals surface area contributed by atoms with Crippen molar-refractivity contribution in [3.05, 3.63) is 30.3 Å². The van der Waals surface area contributed by atoms with E-state index in [2.05, 4.69) is 14.7 Å². The summed E-state index contributed by atoms with van der Waals surface area (Å²) in [4.78, 5) is 4.45. The van der Waals surface area contributed by atoms with E-state index in [1.807, 2.05) is 30.3 Å². The number of thioether (sulfide) groups is 1. The quantitative estimate of drug-likeness (QED) is 0.907. The molecule has 2 N–H and O–H groups in total. The lowest BCUT2D eigenvalue weighted by atomic mass is 10.0. The smallest absolute Gasteiger partial charge is 0.202 e. The van der Waals surface area contributed by atoms with Crippen LogP contribution in [0.25, 0.3) is 11.4 Å². The molecule has 1 aromatic heterocycles. The number of hydrogen-bond acceptors (Lipinski definition) is 6. The van der Waals surface area contributed by atoms with Crippen LogP contribution in [0.1, 0.15) is 6.42 Å². The third-order valence-corrected chi connectivity index (χ3v) is 5.02. The highest BCUT2D eigenvalue weighted by atomic mass is 32.2. The molecule has 0 saturated carbocycles. The third-order valence-electron chi connectivity index (χ3n) is 3.11. The van der Waals surface area contributed by atoms with Crippen molar-refractivity contribution in [2.75, 3.05) is 23.4 Å². The molecule has 1 aliphatic heterocycles. The molecule has 1 aliphatic rings. The summed E-state index contributed by atoms with van der Waals surface area (Å²) in [6.07, 6.45) is 0.842. The van der Waals surface area contributed by atoms with Gasteiger partial charge in [-0.15, -0.1) is 0 Å². The van der Waals surface area contributed by atoms with Gasteiger partial charge in [-0.25, -0.2) is 0 Å². The van der Waals surface area contributed by atoms with Crippen LogP contribution in [-0.4, -0.2) is 38.1 Å². The number of hydrogen-bond donors (Lipinski definition) is 2. The molecule has 0 amide bonds. The molecule has 0 bridgehead atoms. The highest BCUT2D eigenvalue weighted by Gasteiger charge is 2.31. The molecule has 0 radical (unpaired) electrons. The van der Waals surface area contributed by atoms with Crippen molar-refractivity contribution < 1.29 is 5.11 Å². The SMILES string of the molecule is OC1(CNc2nc(-c3ccccc3)ns2)CCSC1. The van der Waals surface area contributed by atoms with Crippen molar-refractivity contribution in [1.29, 1.82) is 0 Å². The van der Waals surface area contributed by atoms with Crippen molar-refractivity contribution >= 4 is 28.4 Å². The summed E-state index contributed by atoms with van der Waals surface area (Å²) in [6, 6.07) is 9.91. The monoisotopic (exact) mass is 293 g/mol. The molecule has 1 fully saturated rings. The second kappa shape index (κ2) is 5.48. The molecule has 2 aromatic rings. The standard InChI is InChI=1S/C13H15N3OS2/c17-13(6-7-18-9-13)8-14-12-15-11(16-19-12)10-4-2-1-3-5-10/h1-5,17H,6-9H2,(H,14,15,16). The van der Waals surface area contributed by atoms with Crippen LogP contribution in [0, 0.1) is 0 Å². The second-order valence-electron chi connectivity index (χ2n) is 4.67. The molecule has 4 nitrogen and oxygen atoms in total. The molecular weight excluding hydrogens is 278 g/mol. The Hall–Kier alpha value is -1.11. The van der Waals surface area contributed by atoms with Gasteiger partial charge in [-0.05, 0) is 12.2 Å². The van der Waals surface area contributed by atoms with Gasteiger partial charge >= 0.3 is 0 Å². The Morgan fingerprint density at radius 2 is 2.16 bits per heavy atom. The molecule has 19 heavy (non-hydrogen) atoms. The van der Waals surface area contributed by atoms with Crippen LogP contribution in [0.3, 0.4) is 0 Å². The summed E-state index contributed by atoms with van der Waals surface area (Å²) in [6.45, 7) is 0.545. The molecule has 3 rings (SSSR count). The fraction of sp³-hybridized carbons (Fsp3) is 0.385. The highest BCUT2D eigenvalue weighted by Crippen LogP contribution is 2.28. The molecule has 1 saturated heterocycles. The molecule has 1 aromatic carbocycles. The van der Waals surface area contributed by atoms with Gasteiger partial charge in [0.2, 0.25) is 5.13 Å². The fourth-order valence-electron chi connectivity index (χ4n) is 1.98. The lowest BCUT2D eigenvalue weighted by Crippen LogP contribution is -2.36. The van der Waals surface area contributed by atoms with Crippen LogP contribution in [0.5, 0.6) is 0 Å². The molecule has 2 heterocycles.